The molecule has 0 aliphatic heterocycles. The second-order valence-electron chi connectivity index (χ2n) is 3.85. The molecule has 1 N–H and O–H groups in total. The fraction of sp³-hybridized carbons (Fsp3) is 0.727. The van der Waals surface area contributed by atoms with Gasteiger partial charge in [0, 0.05) is 6.54 Å². The van der Waals surface area contributed by atoms with Crippen molar-refractivity contribution in [1.82, 2.24) is 5.32 Å². The molecule has 88 valence electrons. The highest BCUT2D eigenvalue weighted by molar-refractivity contribution is 5.75. The number of ether oxygens (including phenoxy) is 2. The molecule has 0 unspecified atom stereocenters. The molecule has 0 heterocycles. The van der Waals surface area contributed by atoms with Crippen LogP contribution in [0, 0.1) is 5.41 Å². The Labute approximate surface area is 91.6 Å². The summed E-state index contributed by atoms with van der Waals surface area (Å²) in [7, 11) is 0. The molecule has 0 saturated heterocycles. The molecule has 4 heteroatoms. The molecule has 0 rings (SSSR count). The normalized spacial score (nSPS) is 10.9. The van der Waals surface area contributed by atoms with Crippen LogP contribution < -0.4 is 5.32 Å². The molecule has 4 nitrogen and oxygen atoms in total. The summed E-state index contributed by atoms with van der Waals surface area (Å²) in [5.74, 6) is -0.156. The van der Waals surface area contributed by atoms with Crippen LogP contribution in [0.15, 0.2) is 12.8 Å². The predicted octanol–water partition coefficient (Wildman–Crippen LogP) is 1.67. The zero-order valence-electron chi connectivity index (χ0n) is 9.84. The quantitative estimate of drug-likeness (QED) is 0.289. The van der Waals surface area contributed by atoms with Gasteiger partial charge < -0.3 is 9.47 Å². The van der Waals surface area contributed by atoms with E-state index in [4.69, 9.17) is 9.47 Å². The van der Waals surface area contributed by atoms with E-state index in [0.29, 0.717) is 19.9 Å². The number of carbonyl (C=O) groups is 1. The third-order valence-electron chi connectivity index (χ3n) is 2.25. The molecule has 0 amide bonds. The Morgan fingerprint density at radius 1 is 1.53 bits per heavy atom. The van der Waals surface area contributed by atoms with Gasteiger partial charge in [0.15, 0.2) is 0 Å². The van der Waals surface area contributed by atoms with Crippen LogP contribution in [0.3, 0.4) is 0 Å². The Morgan fingerprint density at radius 2 is 2.20 bits per heavy atom. The minimum absolute atomic E-state index is 0.156. The lowest BCUT2D eigenvalue weighted by Gasteiger charge is -2.20. The van der Waals surface area contributed by atoms with Gasteiger partial charge in [-0.05, 0) is 20.3 Å². The Kier molecular flexibility index (Phi) is 6.79. The minimum atomic E-state index is -0.391. The first-order valence-corrected chi connectivity index (χ1v) is 5.15. The highest BCUT2D eigenvalue weighted by atomic mass is 16.5. The predicted molar refractivity (Wildman–Crippen MR) is 59.2 cm³/mol. The topological polar surface area (TPSA) is 47.6 Å². The van der Waals surface area contributed by atoms with Gasteiger partial charge in [-0.2, -0.15) is 0 Å². The van der Waals surface area contributed by atoms with E-state index in [1.807, 2.05) is 20.8 Å². The van der Waals surface area contributed by atoms with Gasteiger partial charge in [0.25, 0.3) is 0 Å². The summed E-state index contributed by atoms with van der Waals surface area (Å²) >= 11 is 0. The number of carbonyl (C=O) groups excluding carboxylic acids is 1. The molecule has 0 aromatic carbocycles. The number of nitrogens with one attached hydrogen (secondary N) is 1. The smallest absolute Gasteiger partial charge is 0.311 e. The Balaban J connectivity index is 3.51. The lowest BCUT2D eigenvalue weighted by molar-refractivity contribution is -0.154. The van der Waals surface area contributed by atoms with Gasteiger partial charge in [0.2, 0.25) is 0 Å². The maximum absolute atomic E-state index is 11.5. The molecule has 0 aromatic rings. The lowest BCUT2D eigenvalue weighted by Crippen LogP contribution is -2.29. The molecule has 15 heavy (non-hydrogen) atoms. The van der Waals surface area contributed by atoms with Gasteiger partial charge in [-0.15, -0.1) is 0 Å². The van der Waals surface area contributed by atoms with Crippen molar-refractivity contribution in [3.05, 3.63) is 12.8 Å². The molecule has 0 atom stereocenters. The summed E-state index contributed by atoms with van der Waals surface area (Å²) in [6.45, 7) is 10.5. The summed E-state index contributed by atoms with van der Waals surface area (Å²) in [4.78, 5) is 11.5. The Bertz CT molecular complexity index is 202. The SMILES string of the molecule is C=COCNCCOC(=O)C(C)(C)CC. The average Bonchev–Trinajstić information content (AvgIpc) is 2.22. The van der Waals surface area contributed by atoms with E-state index in [2.05, 4.69) is 11.9 Å². The second kappa shape index (κ2) is 7.29. The van der Waals surface area contributed by atoms with E-state index in [1.165, 1.54) is 6.26 Å². The van der Waals surface area contributed by atoms with Gasteiger partial charge in [0.1, 0.15) is 13.3 Å². The Hall–Kier alpha value is -1.03. The molecule has 0 bridgehead atoms. The molecule has 0 aliphatic carbocycles. The van der Waals surface area contributed by atoms with Crippen molar-refractivity contribution in [1.29, 1.82) is 0 Å². The van der Waals surface area contributed by atoms with Gasteiger partial charge in [-0.1, -0.05) is 13.5 Å². The van der Waals surface area contributed by atoms with Gasteiger partial charge in [-0.3, -0.25) is 10.1 Å². The number of esters is 1. The zero-order valence-corrected chi connectivity index (χ0v) is 9.84. The second-order valence-corrected chi connectivity index (χ2v) is 3.85. The maximum atomic E-state index is 11.5. The molecule has 0 aliphatic rings. The van der Waals surface area contributed by atoms with Crippen LogP contribution in [0.2, 0.25) is 0 Å². The average molecular weight is 215 g/mol. The van der Waals surface area contributed by atoms with Crippen molar-refractivity contribution in [3.8, 4) is 0 Å². The van der Waals surface area contributed by atoms with Crippen molar-refractivity contribution in [2.45, 2.75) is 27.2 Å². The lowest BCUT2D eigenvalue weighted by atomic mass is 9.91. The molecule has 0 radical (unpaired) electrons. The molecule has 0 fully saturated rings. The first-order valence-electron chi connectivity index (χ1n) is 5.15. The van der Waals surface area contributed by atoms with Gasteiger partial charge >= 0.3 is 5.97 Å². The Morgan fingerprint density at radius 3 is 2.73 bits per heavy atom. The number of hydrogen-bond donors (Lipinski definition) is 1. The van der Waals surface area contributed by atoms with E-state index >= 15 is 0 Å². The van der Waals surface area contributed by atoms with Crippen molar-refractivity contribution < 1.29 is 14.3 Å². The van der Waals surface area contributed by atoms with E-state index in [1.54, 1.807) is 0 Å². The summed E-state index contributed by atoms with van der Waals surface area (Å²) in [5, 5.41) is 2.94. The highest BCUT2D eigenvalue weighted by Gasteiger charge is 2.26. The monoisotopic (exact) mass is 215 g/mol. The molecule has 0 saturated carbocycles. The third-order valence-corrected chi connectivity index (χ3v) is 2.25. The van der Waals surface area contributed by atoms with Gasteiger partial charge in [-0.25, -0.2) is 0 Å². The van der Waals surface area contributed by atoms with Crippen molar-refractivity contribution in [2.75, 3.05) is 19.9 Å². The van der Waals surface area contributed by atoms with E-state index < -0.39 is 5.41 Å². The molecule has 0 spiro atoms. The van der Waals surface area contributed by atoms with Crippen LogP contribution in [0.4, 0.5) is 0 Å². The largest absolute Gasteiger partial charge is 0.487 e. The summed E-state index contributed by atoms with van der Waals surface area (Å²) < 4.78 is 9.94. The van der Waals surface area contributed by atoms with Crippen LogP contribution in [-0.4, -0.2) is 25.9 Å². The van der Waals surface area contributed by atoms with Crippen LogP contribution in [0.5, 0.6) is 0 Å². The fourth-order valence-corrected chi connectivity index (χ4v) is 0.746. The minimum Gasteiger partial charge on any atom is -0.487 e. The number of hydrogen-bond acceptors (Lipinski definition) is 4. The van der Waals surface area contributed by atoms with Crippen molar-refractivity contribution >= 4 is 5.97 Å². The van der Waals surface area contributed by atoms with E-state index in [0.717, 1.165) is 6.42 Å². The van der Waals surface area contributed by atoms with E-state index in [9.17, 15) is 4.79 Å². The van der Waals surface area contributed by atoms with Crippen LogP contribution in [0.1, 0.15) is 27.2 Å². The third kappa shape index (κ3) is 6.12. The maximum Gasteiger partial charge on any atom is 0.311 e. The highest BCUT2D eigenvalue weighted by Crippen LogP contribution is 2.20. The van der Waals surface area contributed by atoms with Crippen LogP contribution >= 0.6 is 0 Å². The van der Waals surface area contributed by atoms with Gasteiger partial charge in [0.05, 0.1) is 11.7 Å². The number of rotatable bonds is 8. The first kappa shape index (κ1) is 14.0. The fourth-order valence-electron chi connectivity index (χ4n) is 0.746. The van der Waals surface area contributed by atoms with Crippen LogP contribution in [0.25, 0.3) is 0 Å². The van der Waals surface area contributed by atoms with Crippen LogP contribution in [-0.2, 0) is 14.3 Å². The zero-order chi connectivity index (χ0) is 11.7. The van der Waals surface area contributed by atoms with E-state index in [-0.39, 0.29) is 5.97 Å². The summed E-state index contributed by atoms with van der Waals surface area (Å²) in [6, 6.07) is 0. The summed E-state index contributed by atoms with van der Waals surface area (Å²) in [5.41, 5.74) is -0.391. The van der Waals surface area contributed by atoms with Crippen molar-refractivity contribution in [3.63, 3.8) is 0 Å². The molecular formula is C11H21NO3. The molecular weight excluding hydrogens is 194 g/mol. The summed E-state index contributed by atoms with van der Waals surface area (Å²) in [6.07, 6.45) is 2.14. The standard InChI is InChI=1S/C11H21NO3/c1-5-11(3,4)10(13)15-8-7-12-9-14-6-2/h6,12H,2,5,7-9H2,1,3-4H3. The first-order chi connectivity index (χ1) is 7.04. The van der Waals surface area contributed by atoms with Crippen molar-refractivity contribution in [2.24, 2.45) is 5.41 Å². The molecule has 0 aromatic heterocycles.